The molecule has 1 saturated heterocycles. The highest BCUT2D eigenvalue weighted by molar-refractivity contribution is 5.87. The zero-order chi connectivity index (χ0) is 14.2. The number of nitrogens with zero attached hydrogens (tertiary/aromatic N) is 2. The highest BCUT2D eigenvalue weighted by atomic mass is 15.5. The fourth-order valence-corrected chi connectivity index (χ4v) is 3.38. The molecule has 0 aromatic carbocycles. The molecule has 1 aliphatic carbocycles. The van der Waals surface area contributed by atoms with Gasteiger partial charge < -0.3 is 5.32 Å². The average molecular weight is 278 g/mol. The van der Waals surface area contributed by atoms with Crippen molar-refractivity contribution in [1.82, 2.24) is 10.3 Å². The molecule has 114 valence electrons. The molecule has 20 heavy (non-hydrogen) atoms. The lowest BCUT2D eigenvalue weighted by atomic mass is 10.0. The van der Waals surface area contributed by atoms with Crippen LogP contribution in [0.5, 0.6) is 0 Å². The third-order valence-electron chi connectivity index (χ3n) is 4.67. The molecular formula is C16H30N4. The van der Waals surface area contributed by atoms with Crippen LogP contribution in [0, 0.1) is 5.41 Å². The van der Waals surface area contributed by atoms with Crippen LogP contribution in [-0.2, 0) is 0 Å². The number of nitrogens with one attached hydrogen (secondary N) is 2. The molecule has 1 atom stereocenters. The molecule has 1 aliphatic heterocycles. The SMILES string of the molecule is C/C(=N\N(C=N)C1CCCCCCCC1)[C@@H]1CCCN1. The third-order valence-corrected chi connectivity index (χ3v) is 4.67. The largest absolute Gasteiger partial charge is 0.309 e. The van der Waals surface area contributed by atoms with Gasteiger partial charge in [0.1, 0.15) is 6.34 Å². The van der Waals surface area contributed by atoms with Crippen molar-refractivity contribution < 1.29 is 0 Å². The molecule has 2 N–H and O–H groups in total. The Morgan fingerprint density at radius 3 is 2.25 bits per heavy atom. The van der Waals surface area contributed by atoms with Crippen LogP contribution in [0.4, 0.5) is 0 Å². The number of hydrogen-bond acceptors (Lipinski definition) is 3. The second-order valence-electron chi connectivity index (χ2n) is 6.25. The summed E-state index contributed by atoms with van der Waals surface area (Å²) in [7, 11) is 0. The van der Waals surface area contributed by atoms with Gasteiger partial charge in [0.2, 0.25) is 0 Å². The van der Waals surface area contributed by atoms with Crippen molar-refractivity contribution in [3.05, 3.63) is 0 Å². The topological polar surface area (TPSA) is 51.5 Å². The van der Waals surface area contributed by atoms with Crippen LogP contribution in [-0.4, -0.2) is 35.7 Å². The lowest BCUT2D eigenvalue weighted by molar-refractivity contribution is 0.288. The van der Waals surface area contributed by atoms with E-state index in [4.69, 9.17) is 10.5 Å². The zero-order valence-corrected chi connectivity index (χ0v) is 12.9. The molecule has 0 aromatic heterocycles. The van der Waals surface area contributed by atoms with E-state index >= 15 is 0 Å². The maximum atomic E-state index is 7.71. The van der Waals surface area contributed by atoms with Gasteiger partial charge >= 0.3 is 0 Å². The Morgan fingerprint density at radius 2 is 1.70 bits per heavy atom. The van der Waals surface area contributed by atoms with Crippen LogP contribution in [0.2, 0.25) is 0 Å². The first kappa shape index (κ1) is 15.5. The van der Waals surface area contributed by atoms with Crippen molar-refractivity contribution in [3.63, 3.8) is 0 Å². The van der Waals surface area contributed by atoms with E-state index in [1.54, 1.807) is 0 Å². The minimum absolute atomic E-state index is 0.425. The summed E-state index contributed by atoms with van der Waals surface area (Å²) in [6.07, 6.45) is 14.2. The van der Waals surface area contributed by atoms with Gasteiger partial charge in [0.05, 0.1) is 11.8 Å². The molecule has 4 heteroatoms. The Morgan fingerprint density at radius 1 is 1.05 bits per heavy atom. The van der Waals surface area contributed by atoms with Crippen molar-refractivity contribution >= 4 is 12.1 Å². The van der Waals surface area contributed by atoms with Crippen LogP contribution in [0.15, 0.2) is 5.10 Å². The summed E-state index contributed by atoms with van der Waals surface area (Å²) >= 11 is 0. The third kappa shape index (κ3) is 4.58. The quantitative estimate of drug-likeness (QED) is 0.469. The fraction of sp³-hybridized carbons (Fsp3) is 0.875. The summed E-state index contributed by atoms with van der Waals surface area (Å²) in [4.78, 5) is 0. The average Bonchev–Trinajstić information content (AvgIpc) is 3.02. The second-order valence-corrected chi connectivity index (χ2v) is 6.25. The monoisotopic (exact) mass is 278 g/mol. The van der Waals surface area contributed by atoms with E-state index in [1.807, 2.05) is 5.01 Å². The highest BCUT2D eigenvalue weighted by Gasteiger charge is 2.20. The summed E-state index contributed by atoms with van der Waals surface area (Å²) < 4.78 is 0. The van der Waals surface area contributed by atoms with E-state index in [0.717, 1.165) is 12.3 Å². The van der Waals surface area contributed by atoms with Gasteiger partial charge in [-0.3, -0.25) is 10.4 Å². The van der Waals surface area contributed by atoms with Gasteiger partial charge in [0, 0.05) is 6.04 Å². The summed E-state index contributed by atoms with van der Waals surface area (Å²) in [5.41, 5.74) is 1.14. The standard InChI is InChI=1S/C16H30N4/c1-14(16-11-8-12-18-16)19-20(13-17)15-9-6-4-2-3-5-7-10-15/h13,15-18H,2-12H2,1H3/b17-13?,19-14+/t16-/m0/s1. The Bertz CT molecular complexity index is 310. The lowest BCUT2D eigenvalue weighted by Crippen LogP contribution is -2.35. The van der Waals surface area contributed by atoms with Gasteiger partial charge in [-0.2, -0.15) is 5.10 Å². The van der Waals surface area contributed by atoms with Crippen molar-refractivity contribution in [2.24, 2.45) is 5.10 Å². The van der Waals surface area contributed by atoms with Crippen LogP contribution < -0.4 is 5.32 Å². The molecule has 0 aromatic rings. The van der Waals surface area contributed by atoms with Gasteiger partial charge in [0.25, 0.3) is 0 Å². The minimum atomic E-state index is 0.425. The molecule has 1 heterocycles. The van der Waals surface area contributed by atoms with E-state index in [2.05, 4.69) is 12.2 Å². The number of hydrogen-bond donors (Lipinski definition) is 2. The van der Waals surface area contributed by atoms with Crippen LogP contribution in [0.25, 0.3) is 0 Å². The van der Waals surface area contributed by atoms with E-state index < -0.39 is 0 Å². The predicted octanol–water partition coefficient (Wildman–Crippen LogP) is 3.53. The van der Waals surface area contributed by atoms with Gasteiger partial charge in [-0.15, -0.1) is 0 Å². The highest BCUT2D eigenvalue weighted by Crippen LogP contribution is 2.21. The van der Waals surface area contributed by atoms with Gasteiger partial charge in [-0.05, 0) is 39.2 Å². The molecule has 1 saturated carbocycles. The molecule has 0 bridgehead atoms. The molecule has 2 aliphatic rings. The minimum Gasteiger partial charge on any atom is -0.309 e. The van der Waals surface area contributed by atoms with Gasteiger partial charge in [-0.1, -0.05) is 38.5 Å². The predicted molar refractivity (Wildman–Crippen MR) is 85.5 cm³/mol. The molecule has 0 unspecified atom stereocenters. The van der Waals surface area contributed by atoms with Crippen LogP contribution >= 0.6 is 0 Å². The van der Waals surface area contributed by atoms with E-state index in [1.165, 1.54) is 70.5 Å². The normalized spacial score (nSPS) is 26.6. The molecule has 0 spiro atoms. The van der Waals surface area contributed by atoms with Crippen molar-refractivity contribution in [1.29, 1.82) is 5.41 Å². The summed E-state index contributed by atoms with van der Waals surface area (Å²) in [6, 6.07) is 0.857. The first-order chi connectivity index (χ1) is 9.81. The van der Waals surface area contributed by atoms with Gasteiger partial charge in [-0.25, -0.2) is 0 Å². The van der Waals surface area contributed by atoms with Gasteiger partial charge in [0.15, 0.2) is 0 Å². The maximum absolute atomic E-state index is 7.71. The Kier molecular flexibility index (Phi) is 6.51. The molecule has 2 rings (SSSR count). The molecule has 0 radical (unpaired) electrons. The van der Waals surface area contributed by atoms with E-state index in [-0.39, 0.29) is 0 Å². The van der Waals surface area contributed by atoms with Crippen molar-refractivity contribution in [2.75, 3.05) is 6.54 Å². The number of rotatable bonds is 4. The Hall–Kier alpha value is -0.900. The first-order valence-corrected chi connectivity index (χ1v) is 8.38. The Balaban J connectivity index is 1.96. The fourth-order valence-electron chi connectivity index (χ4n) is 3.38. The summed E-state index contributed by atoms with van der Waals surface area (Å²) in [5.74, 6) is 0. The maximum Gasteiger partial charge on any atom is 0.103 e. The first-order valence-electron chi connectivity index (χ1n) is 8.38. The summed E-state index contributed by atoms with van der Waals surface area (Å²) in [5, 5.41) is 17.9. The van der Waals surface area contributed by atoms with Crippen LogP contribution in [0.1, 0.15) is 71.1 Å². The number of hydrazone groups is 1. The smallest absolute Gasteiger partial charge is 0.103 e. The molecule has 4 nitrogen and oxygen atoms in total. The van der Waals surface area contributed by atoms with E-state index in [0.29, 0.717) is 12.1 Å². The summed E-state index contributed by atoms with van der Waals surface area (Å²) in [6.45, 7) is 3.21. The van der Waals surface area contributed by atoms with Crippen molar-refractivity contribution in [3.8, 4) is 0 Å². The second kappa shape index (κ2) is 8.40. The molecule has 0 amide bonds. The molecular weight excluding hydrogens is 248 g/mol. The van der Waals surface area contributed by atoms with Crippen LogP contribution in [0.3, 0.4) is 0 Å². The lowest BCUT2D eigenvalue weighted by Gasteiger charge is -2.26. The Labute approximate surface area is 123 Å². The van der Waals surface area contributed by atoms with Crippen molar-refractivity contribution in [2.45, 2.75) is 83.2 Å². The van der Waals surface area contributed by atoms with E-state index in [9.17, 15) is 0 Å². The zero-order valence-electron chi connectivity index (χ0n) is 12.9. The molecule has 2 fully saturated rings.